The zero-order valence-electron chi connectivity index (χ0n) is 30.4. The average molecular weight is 691 g/mol. The highest BCUT2D eigenvalue weighted by Crippen LogP contribution is 2.50. The van der Waals surface area contributed by atoms with Crippen LogP contribution in [0.25, 0.3) is 66.3 Å². The monoisotopic (exact) mass is 690 g/mol. The van der Waals surface area contributed by atoms with E-state index in [9.17, 15) is 0 Å². The molecular weight excluding hydrogens is 653 g/mol. The van der Waals surface area contributed by atoms with Gasteiger partial charge in [-0.1, -0.05) is 190 Å². The van der Waals surface area contributed by atoms with Crippen molar-refractivity contribution in [3.63, 3.8) is 0 Å². The van der Waals surface area contributed by atoms with E-state index in [-0.39, 0.29) is 11.3 Å². The number of hydrogen-bond donors (Lipinski definition) is 0. The number of fused-ring (bicyclic) bond motifs is 6. The van der Waals surface area contributed by atoms with Crippen LogP contribution in [0.5, 0.6) is 0 Å². The van der Waals surface area contributed by atoms with Gasteiger partial charge in [-0.25, -0.2) is 9.97 Å². The molecule has 1 aromatic heterocycles. The summed E-state index contributed by atoms with van der Waals surface area (Å²) in [5.74, 6) is 0.524. The summed E-state index contributed by atoms with van der Waals surface area (Å²) in [6.07, 6.45) is 0. The molecule has 0 spiro atoms. The minimum Gasteiger partial charge on any atom is -0.231 e. The van der Waals surface area contributed by atoms with Crippen molar-refractivity contribution in [2.75, 3.05) is 0 Å². The second kappa shape index (κ2) is 12.8. The van der Waals surface area contributed by atoms with Crippen molar-refractivity contribution < 1.29 is 0 Å². The predicted octanol–water partition coefficient (Wildman–Crippen LogP) is 13.3. The van der Waals surface area contributed by atoms with Crippen LogP contribution in [-0.2, 0) is 5.41 Å². The first-order valence-electron chi connectivity index (χ1n) is 18.8. The molecule has 10 rings (SSSR count). The Kier molecular flexibility index (Phi) is 7.59. The van der Waals surface area contributed by atoms with Gasteiger partial charge >= 0.3 is 0 Å². The van der Waals surface area contributed by atoms with E-state index in [2.05, 4.69) is 202 Å². The lowest BCUT2D eigenvalue weighted by Gasteiger charge is -2.26. The second-order valence-corrected chi connectivity index (χ2v) is 14.9. The van der Waals surface area contributed by atoms with Crippen LogP contribution in [0, 0.1) is 0 Å². The highest BCUT2D eigenvalue weighted by Gasteiger charge is 2.36. The van der Waals surface area contributed by atoms with Gasteiger partial charge in [0, 0.05) is 21.8 Å². The molecule has 0 saturated carbocycles. The molecule has 0 fully saturated rings. The van der Waals surface area contributed by atoms with Crippen molar-refractivity contribution in [3.8, 4) is 44.6 Å². The summed E-state index contributed by atoms with van der Waals surface area (Å²) >= 11 is 0. The van der Waals surface area contributed by atoms with Crippen LogP contribution in [-0.4, -0.2) is 9.97 Å². The largest absolute Gasteiger partial charge is 0.231 e. The normalized spacial score (nSPS) is 13.4. The summed E-state index contributed by atoms with van der Waals surface area (Å²) < 4.78 is 0. The van der Waals surface area contributed by atoms with Gasteiger partial charge in [0.1, 0.15) is 5.82 Å². The molecule has 8 aromatic carbocycles. The summed E-state index contributed by atoms with van der Waals surface area (Å²) in [5.41, 5.74) is 15.2. The van der Waals surface area contributed by atoms with Gasteiger partial charge in [0.05, 0.1) is 17.1 Å². The summed E-state index contributed by atoms with van der Waals surface area (Å²) in [7, 11) is 0. The van der Waals surface area contributed by atoms with Gasteiger partial charge in [-0.2, -0.15) is 0 Å². The Labute approximate surface area is 316 Å². The third-order valence-corrected chi connectivity index (χ3v) is 11.4. The second-order valence-electron chi connectivity index (χ2n) is 14.9. The average Bonchev–Trinajstić information content (AvgIpc) is 3.47. The van der Waals surface area contributed by atoms with Crippen molar-refractivity contribution in [2.24, 2.45) is 0 Å². The van der Waals surface area contributed by atoms with Crippen LogP contribution in [0.4, 0.5) is 0 Å². The van der Waals surface area contributed by atoms with E-state index in [0.717, 1.165) is 33.4 Å². The van der Waals surface area contributed by atoms with Crippen molar-refractivity contribution in [3.05, 3.63) is 216 Å². The lowest BCUT2D eigenvalue weighted by atomic mass is 9.79. The Morgan fingerprint density at radius 2 is 1.07 bits per heavy atom. The van der Waals surface area contributed by atoms with Gasteiger partial charge < -0.3 is 0 Å². The molecular formula is C52H38N2. The van der Waals surface area contributed by atoms with Crippen LogP contribution in [0.3, 0.4) is 0 Å². The number of benzene rings is 8. The van der Waals surface area contributed by atoms with E-state index >= 15 is 0 Å². The molecule has 0 amide bonds. The smallest absolute Gasteiger partial charge is 0.141 e. The summed E-state index contributed by atoms with van der Waals surface area (Å²) in [6, 6.07) is 67.9. The van der Waals surface area contributed by atoms with Gasteiger partial charge in [0.25, 0.3) is 0 Å². The third kappa shape index (κ3) is 5.25. The fourth-order valence-electron chi connectivity index (χ4n) is 8.68. The first kappa shape index (κ1) is 32.0. The first-order valence-corrected chi connectivity index (χ1v) is 18.8. The number of aromatic nitrogens is 2. The molecule has 1 atom stereocenters. The SMILES string of the molecule is CC1(C)c2ccccc2-c2ccc(C(c3nc(-c4ccccc4)c4ccc5ccccc5c4n3)c3ccc(-c4ccccc4)cc3-c3ccccc3)cc21. The van der Waals surface area contributed by atoms with Gasteiger partial charge in [-0.05, 0) is 73.2 Å². The fraction of sp³-hybridized carbons (Fsp3) is 0.0769. The number of nitrogens with zero attached hydrogens (tertiary/aromatic N) is 2. The van der Waals surface area contributed by atoms with E-state index in [4.69, 9.17) is 9.97 Å². The minimum atomic E-state index is -0.263. The lowest BCUT2D eigenvalue weighted by Crippen LogP contribution is -2.16. The fourth-order valence-corrected chi connectivity index (χ4v) is 8.68. The molecule has 1 unspecified atom stereocenters. The standard InChI is InChI=1S/C52H38N2/c1-52(2)46-25-15-14-24-41(46)42-29-28-39(33-47(42)52)48(43-30-27-38(34-16-6-3-7-17-34)32-45(43)35-18-8-4-9-19-35)51-53-49(37-21-10-5-11-22-37)44-31-26-36-20-12-13-23-40(36)50(44)54-51/h3-33,48H,1-2H3. The van der Waals surface area contributed by atoms with Gasteiger partial charge in [0.15, 0.2) is 0 Å². The van der Waals surface area contributed by atoms with E-state index in [0.29, 0.717) is 0 Å². The van der Waals surface area contributed by atoms with Crippen LogP contribution >= 0.6 is 0 Å². The van der Waals surface area contributed by atoms with Crippen molar-refractivity contribution >= 4 is 21.7 Å². The van der Waals surface area contributed by atoms with Crippen molar-refractivity contribution in [1.29, 1.82) is 0 Å². The Balaban J connectivity index is 1.29. The molecule has 0 radical (unpaired) electrons. The Morgan fingerprint density at radius 1 is 0.426 bits per heavy atom. The summed E-state index contributed by atoms with van der Waals surface area (Å²) in [5, 5.41) is 3.35. The maximum Gasteiger partial charge on any atom is 0.141 e. The molecule has 1 heterocycles. The Morgan fingerprint density at radius 3 is 1.85 bits per heavy atom. The molecule has 0 aliphatic heterocycles. The summed E-state index contributed by atoms with van der Waals surface area (Å²) in [6.45, 7) is 4.71. The van der Waals surface area contributed by atoms with Gasteiger partial charge in [-0.3, -0.25) is 0 Å². The highest BCUT2D eigenvalue weighted by molar-refractivity contribution is 6.09. The molecule has 1 aliphatic rings. The van der Waals surface area contributed by atoms with Crippen molar-refractivity contribution in [1.82, 2.24) is 9.97 Å². The van der Waals surface area contributed by atoms with E-state index in [1.807, 2.05) is 0 Å². The van der Waals surface area contributed by atoms with Crippen LogP contribution in [0.1, 0.15) is 47.8 Å². The van der Waals surface area contributed by atoms with E-state index in [1.54, 1.807) is 0 Å². The Bertz CT molecular complexity index is 2840. The van der Waals surface area contributed by atoms with E-state index < -0.39 is 0 Å². The minimum absolute atomic E-state index is 0.151. The van der Waals surface area contributed by atoms with Crippen LogP contribution < -0.4 is 0 Å². The number of hydrogen-bond acceptors (Lipinski definition) is 2. The topological polar surface area (TPSA) is 25.8 Å². The Hall–Kier alpha value is -6.64. The van der Waals surface area contributed by atoms with Gasteiger partial charge in [-0.15, -0.1) is 0 Å². The maximum atomic E-state index is 5.62. The van der Waals surface area contributed by atoms with Crippen molar-refractivity contribution in [2.45, 2.75) is 25.2 Å². The molecule has 0 saturated heterocycles. The molecule has 0 N–H and O–H groups in total. The first-order chi connectivity index (χ1) is 26.5. The molecule has 0 bridgehead atoms. The molecule has 2 nitrogen and oxygen atoms in total. The van der Waals surface area contributed by atoms with Crippen LogP contribution in [0.2, 0.25) is 0 Å². The van der Waals surface area contributed by atoms with Gasteiger partial charge in [0.2, 0.25) is 0 Å². The quantitative estimate of drug-likeness (QED) is 0.162. The lowest BCUT2D eigenvalue weighted by molar-refractivity contribution is 0.658. The summed E-state index contributed by atoms with van der Waals surface area (Å²) in [4.78, 5) is 11.2. The van der Waals surface area contributed by atoms with Crippen LogP contribution in [0.15, 0.2) is 188 Å². The highest BCUT2D eigenvalue weighted by atomic mass is 14.9. The third-order valence-electron chi connectivity index (χ3n) is 11.4. The zero-order chi connectivity index (χ0) is 36.2. The zero-order valence-corrected chi connectivity index (χ0v) is 30.4. The number of rotatable bonds is 6. The van der Waals surface area contributed by atoms with E-state index in [1.165, 1.54) is 61.0 Å². The molecule has 1 aliphatic carbocycles. The predicted molar refractivity (Wildman–Crippen MR) is 225 cm³/mol. The maximum absolute atomic E-state index is 5.62. The molecule has 2 heteroatoms. The molecule has 256 valence electrons. The molecule has 54 heavy (non-hydrogen) atoms. The molecule has 9 aromatic rings.